The zero-order valence-electron chi connectivity index (χ0n) is 19.5. The second kappa shape index (κ2) is 9.90. The number of fused-ring (bicyclic) bond motifs is 1. The average molecular weight is 462 g/mol. The third kappa shape index (κ3) is 5.10. The predicted molar refractivity (Wildman–Crippen MR) is 130 cm³/mol. The molecule has 2 aliphatic rings. The molecule has 5 rings (SSSR count). The highest BCUT2D eigenvalue weighted by Crippen LogP contribution is 2.26. The number of hydrogen-bond donors (Lipinski definition) is 2. The van der Waals surface area contributed by atoms with Crippen molar-refractivity contribution in [3.05, 3.63) is 59.7 Å². The summed E-state index contributed by atoms with van der Waals surface area (Å²) in [5.41, 5.74) is 5.36. The number of likely N-dealkylation sites (N-methyl/N-ethyl adjacent to an activating group) is 1. The first-order chi connectivity index (χ1) is 16.6. The van der Waals surface area contributed by atoms with Crippen LogP contribution in [0.2, 0.25) is 0 Å². The fourth-order valence-electron chi connectivity index (χ4n) is 4.90. The molecule has 0 unspecified atom stereocenters. The number of hydrogen-bond acceptors (Lipinski definition) is 7. The molecule has 34 heavy (non-hydrogen) atoms. The van der Waals surface area contributed by atoms with Gasteiger partial charge < -0.3 is 15.3 Å². The molecule has 0 amide bonds. The van der Waals surface area contributed by atoms with Gasteiger partial charge in [-0.2, -0.15) is 5.10 Å². The highest BCUT2D eigenvalue weighted by atomic mass is 16.4. The van der Waals surface area contributed by atoms with E-state index in [-0.39, 0.29) is 6.54 Å². The van der Waals surface area contributed by atoms with E-state index in [1.807, 2.05) is 0 Å². The monoisotopic (exact) mass is 461 g/mol. The van der Waals surface area contributed by atoms with Gasteiger partial charge in [0, 0.05) is 68.5 Å². The molecule has 1 saturated heterocycles. The Hall–Kier alpha value is -3.30. The van der Waals surface area contributed by atoms with E-state index in [4.69, 9.17) is 0 Å². The number of carbonyl (C=O) groups is 1. The van der Waals surface area contributed by atoms with Crippen molar-refractivity contribution >= 4 is 11.9 Å². The van der Waals surface area contributed by atoms with Crippen LogP contribution >= 0.6 is 0 Å². The SMILES string of the molecule is CCN1CCN(Cc2nn(CC(=O)O)cc2-c2cnc(NC3Cc4ccccc4C3)nc2)CC1. The van der Waals surface area contributed by atoms with Crippen molar-refractivity contribution in [3.8, 4) is 11.1 Å². The summed E-state index contributed by atoms with van der Waals surface area (Å²) in [4.78, 5) is 25.2. The smallest absolute Gasteiger partial charge is 0.325 e. The molecule has 1 fully saturated rings. The van der Waals surface area contributed by atoms with Crippen molar-refractivity contribution in [2.75, 3.05) is 38.0 Å². The minimum Gasteiger partial charge on any atom is -0.480 e. The van der Waals surface area contributed by atoms with Crippen LogP contribution in [0.4, 0.5) is 5.95 Å². The number of aliphatic carboxylic acids is 1. The number of nitrogens with one attached hydrogen (secondary N) is 1. The Bertz CT molecular complexity index is 1110. The van der Waals surface area contributed by atoms with E-state index in [1.165, 1.54) is 15.8 Å². The summed E-state index contributed by atoms with van der Waals surface area (Å²) in [6.07, 6.45) is 7.35. The summed E-state index contributed by atoms with van der Waals surface area (Å²) >= 11 is 0. The van der Waals surface area contributed by atoms with E-state index in [0.717, 1.165) is 62.4 Å². The van der Waals surface area contributed by atoms with Gasteiger partial charge in [-0.15, -0.1) is 0 Å². The third-order valence-corrected chi connectivity index (χ3v) is 6.77. The Balaban J connectivity index is 1.30. The number of piperazine rings is 1. The van der Waals surface area contributed by atoms with Crippen molar-refractivity contribution in [2.45, 2.75) is 38.9 Å². The first kappa shape index (κ1) is 22.5. The minimum absolute atomic E-state index is 0.167. The fourth-order valence-corrected chi connectivity index (χ4v) is 4.90. The number of nitrogens with zero attached hydrogens (tertiary/aromatic N) is 6. The Morgan fingerprint density at radius 2 is 1.71 bits per heavy atom. The summed E-state index contributed by atoms with van der Waals surface area (Å²) in [5.74, 6) is -0.303. The number of carboxylic acid groups (broad SMARTS) is 1. The summed E-state index contributed by atoms with van der Waals surface area (Å²) in [7, 11) is 0. The molecule has 178 valence electrons. The van der Waals surface area contributed by atoms with E-state index in [1.54, 1.807) is 18.6 Å². The zero-order valence-corrected chi connectivity index (χ0v) is 19.5. The fraction of sp³-hybridized carbons (Fsp3) is 0.440. The molecule has 1 aromatic carbocycles. The van der Waals surface area contributed by atoms with Crippen LogP contribution in [0.25, 0.3) is 11.1 Å². The first-order valence-corrected chi connectivity index (χ1v) is 12.0. The number of anilines is 1. The minimum atomic E-state index is -0.912. The molecular formula is C25H31N7O2. The molecule has 0 bridgehead atoms. The van der Waals surface area contributed by atoms with Crippen LogP contribution in [0, 0.1) is 0 Å². The van der Waals surface area contributed by atoms with E-state index in [2.05, 4.69) is 61.4 Å². The van der Waals surface area contributed by atoms with Gasteiger partial charge in [-0.25, -0.2) is 9.97 Å². The van der Waals surface area contributed by atoms with Gasteiger partial charge in [-0.05, 0) is 30.5 Å². The van der Waals surface area contributed by atoms with Crippen LogP contribution in [0.15, 0.2) is 42.9 Å². The van der Waals surface area contributed by atoms with Crippen molar-refractivity contribution in [1.29, 1.82) is 0 Å². The quantitative estimate of drug-likeness (QED) is 0.527. The molecule has 3 heterocycles. The van der Waals surface area contributed by atoms with Gasteiger partial charge in [0.1, 0.15) is 6.54 Å². The maximum absolute atomic E-state index is 11.3. The maximum Gasteiger partial charge on any atom is 0.325 e. The first-order valence-electron chi connectivity index (χ1n) is 12.0. The van der Waals surface area contributed by atoms with E-state index in [0.29, 0.717) is 18.5 Å². The molecule has 0 radical (unpaired) electrons. The molecule has 9 nitrogen and oxygen atoms in total. The number of aromatic nitrogens is 4. The Kier molecular flexibility index (Phi) is 6.55. The van der Waals surface area contributed by atoms with Gasteiger partial charge >= 0.3 is 5.97 Å². The number of rotatable bonds is 8. The van der Waals surface area contributed by atoms with E-state index >= 15 is 0 Å². The van der Waals surface area contributed by atoms with Gasteiger partial charge in [-0.3, -0.25) is 14.4 Å². The summed E-state index contributed by atoms with van der Waals surface area (Å²) in [5, 5.41) is 17.3. The van der Waals surface area contributed by atoms with Crippen molar-refractivity contribution in [2.24, 2.45) is 0 Å². The lowest BCUT2D eigenvalue weighted by atomic mass is 10.1. The van der Waals surface area contributed by atoms with Crippen LogP contribution < -0.4 is 5.32 Å². The molecule has 0 spiro atoms. The third-order valence-electron chi connectivity index (χ3n) is 6.77. The second-order valence-corrected chi connectivity index (χ2v) is 9.10. The normalized spacial score (nSPS) is 17.1. The lowest BCUT2D eigenvalue weighted by Gasteiger charge is -2.33. The van der Waals surface area contributed by atoms with Gasteiger partial charge in [0.25, 0.3) is 0 Å². The lowest BCUT2D eigenvalue weighted by molar-refractivity contribution is -0.137. The molecule has 9 heteroatoms. The average Bonchev–Trinajstić information content (AvgIpc) is 3.43. The van der Waals surface area contributed by atoms with Crippen LogP contribution in [0.3, 0.4) is 0 Å². The molecule has 2 N–H and O–H groups in total. The zero-order chi connectivity index (χ0) is 23.5. The molecular weight excluding hydrogens is 430 g/mol. The van der Waals surface area contributed by atoms with E-state index in [9.17, 15) is 9.90 Å². The second-order valence-electron chi connectivity index (χ2n) is 9.10. The Morgan fingerprint density at radius 3 is 2.32 bits per heavy atom. The molecule has 0 atom stereocenters. The largest absolute Gasteiger partial charge is 0.480 e. The highest BCUT2D eigenvalue weighted by Gasteiger charge is 2.22. The van der Waals surface area contributed by atoms with Crippen molar-refractivity contribution in [3.63, 3.8) is 0 Å². The van der Waals surface area contributed by atoms with Crippen molar-refractivity contribution in [1.82, 2.24) is 29.5 Å². The van der Waals surface area contributed by atoms with Gasteiger partial charge in [0.05, 0.1) is 5.69 Å². The molecule has 1 aliphatic heterocycles. The number of carboxylic acids is 1. The molecule has 0 saturated carbocycles. The van der Waals surface area contributed by atoms with Crippen LogP contribution in [-0.4, -0.2) is 79.4 Å². The molecule has 1 aliphatic carbocycles. The standard InChI is InChI=1S/C25H31N7O2/c1-2-30-7-9-31(10-8-30)16-23-22(15-32(29-23)17-24(33)34)20-13-26-25(27-14-20)28-21-11-18-5-3-4-6-19(18)12-21/h3-6,13-15,21H,2,7-12,16-17H2,1H3,(H,33,34)(H,26,27,28). The van der Waals surface area contributed by atoms with Crippen LogP contribution in [0.1, 0.15) is 23.7 Å². The maximum atomic E-state index is 11.3. The Labute approximate surface area is 199 Å². The van der Waals surface area contributed by atoms with Crippen LogP contribution in [-0.2, 0) is 30.7 Å². The lowest BCUT2D eigenvalue weighted by Crippen LogP contribution is -2.45. The van der Waals surface area contributed by atoms with Gasteiger partial charge in [0.15, 0.2) is 0 Å². The number of benzene rings is 1. The van der Waals surface area contributed by atoms with Crippen molar-refractivity contribution < 1.29 is 9.90 Å². The van der Waals surface area contributed by atoms with E-state index < -0.39 is 5.97 Å². The predicted octanol–water partition coefficient (Wildman–Crippen LogP) is 2.14. The highest BCUT2D eigenvalue weighted by molar-refractivity contribution is 5.68. The van der Waals surface area contributed by atoms with Gasteiger partial charge in [-0.1, -0.05) is 31.2 Å². The summed E-state index contributed by atoms with van der Waals surface area (Å²) < 4.78 is 1.50. The molecule has 2 aromatic heterocycles. The topological polar surface area (TPSA) is 99.4 Å². The summed E-state index contributed by atoms with van der Waals surface area (Å²) in [6, 6.07) is 8.81. The van der Waals surface area contributed by atoms with Gasteiger partial charge in [0.2, 0.25) is 5.95 Å². The Morgan fingerprint density at radius 1 is 1.06 bits per heavy atom. The molecule has 3 aromatic rings. The van der Waals surface area contributed by atoms with Crippen LogP contribution in [0.5, 0.6) is 0 Å². The summed E-state index contributed by atoms with van der Waals surface area (Å²) in [6.45, 7) is 7.79.